The molecule has 2 aliphatic heterocycles. The van der Waals surface area contributed by atoms with E-state index in [1.165, 1.54) is 4.90 Å². The molecule has 0 saturated carbocycles. The van der Waals surface area contributed by atoms with Crippen molar-refractivity contribution in [3.05, 3.63) is 0 Å². The Balaban J connectivity index is 1.89. The molecule has 2 aliphatic rings. The largest absolute Gasteiger partial charge is 0.480 e. The summed E-state index contributed by atoms with van der Waals surface area (Å²) in [6.07, 6.45) is -2.02. The number of carboxylic acid groups (broad SMARTS) is 1. The number of aliphatic carboxylic acids is 1. The van der Waals surface area contributed by atoms with Gasteiger partial charge in [0.1, 0.15) is 18.9 Å². The molecule has 2 rings (SSSR count). The fourth-order valence-corrected chi connectivity index (χ4v) is 2.33. The molecule has 3 N–H and O–H groups in total. The summed E-state index contributed by atoms with van der Waals surface area (Å²) in [5.41, 5.74) is 0. The normalized spacial score (nSPS) is 33.1. The number of amides is 3. The van der Waals surface area contributed by atoms with Crippen molar-refractivity contribution in [3.63, 3.8) is 0 Å². The molecule has 0 radical (unpaired) electrons. The quantitative estimate of drug-likeness (QED) is 0.579. The molecule has 0 aliphatic carbocycles. The Morgan fingerprint density at radius 1 is 1.52 bits per heavy atom. The number of aliphatic hydroxyl groups is 1. The van der Waals surface area contributed by atoms with Crippen LogP contribution in [-0.4, -0.2) is 71.2 Å². The summed E-state index contributed by atoms with van der Waals surface area (Å²) in [6.45, 7) is 1.35. The number of hydrogen-bond acceptors (Lipinski definition) is 6. The fraction of sp³-hybridized carbons (Fsp3) is 0.750. The summed E-state index contributed by atoms with van der Waals surface area (Å²) < 4.78 is 10.4. The van der Waals surface area contributed by atoms with Gasteiger partial charge in [0.05, 0.1) is 18.6 Å². The molecule has 21 heavy (non-hydrogen) atoms. The monoisotopic (exact) mass is 302 g/mol. The molecule has 9 nitrogen and oxygen atoms in total. The lowest BCUT2D eigenvalue weighted by Crippen LogP contribution is -2.57. The first-order valence-corrected chi connectivity index (χ1v) is 6.63. The van der Waals surface area contributed by atoms with Gasteiger partial charge in [-0.05, 0) is 0 Å². The van der Waals surface area contributed by atoms with Gasteiger partial charge in [-0.15, -0.1) is 0 Å². The van der Waals surface area contributed by atoms with Crippen LogP contribution in [0, 0.1) is 5.92 Å². The van der Waals surface area contributed by atoms with Gasteiger partial charge in [0.15, 0.2) is 0 Å². The number of aliphatic hydroxyl groups excluding tert-OH is 1. The Labute approximate surface area is 120 Å². The first-order chi connectivity index (χ1) is 9.88. The van der Waals surface area contributed by atoms with Crippen LogP contribution < -0.4 is 5.32 Å². The number of imide groups is 1. The summed E-state index contributed by atoms with van der Waals surface area (Å²) in [5.74, 6) is -1.80. The number of hydrogen-bond donors (Lipinski definition) is 3. The molecule has 0 aromatic carbocycles. The average Bonchev–Trinajstić information content (AvgIpc) is 2.75. The Bertz CT molecular complexity index is 441. The Morgan fingerprint density at radius 3 is 2.90 bits per heavy atom. The van der Waals surface area contributed by atoms with E-state index in [4.69, 9.17) is 14.6 Å². The van der Waals surface area contributed by atoms with Crippen LogP contribution in [0.2, 0.25) is 0 Å². The van der Waals surface area contributed by atoms with Gasteiger partial charge >= 0.3 is 12.0 Å². The van der Waals surface area contributed by atoms with E-state index in [0.29, 0.717) is 0 Å². The number of nitrogens with one attached hydrogen (secondary N) is 1. The van der Waals surface area contributed by atoms with Gasteiger partial charge in [-0.2, -0.15) is 0 Å². The number of nitrogens with zero attached hydrogens (tertiary/aromatic N) is 1. The molecular formula is C12H18N2O7. The third kappa shape index (κ3) is 3.69. The van der Waals surface area contributed by atoms with Crippen LogP contribution in [-0.2, 0) is 19.1 Å². The number of rotatable bonds is 5. The first-order valence-electron chi connectivity index (χ1n) is 6.63. The van der Waals surface area contributed by atoms with Crippen molar-refractivity contribution in [2.75, 3.05) is 19.8 Å². The number of carbonyl (C=O) groups excluding carboxylic acids is 2. The number of ether oxygens (including phenoxy) is 2. The maximum atomic E-state index is 11.8. The van der Waals surface area contributed by atoms with Gasteiger partial charge in [0.25, 0.3) is 0 Å². The molecule has 2 fully saturated rings. The Hall–Kier alpha value is -1.71. The second-order valence-corrected chi connectivity index (χ2v) is 5.19. The van der Waals surface area contributed by atoms with Gasteiger partial charge < -0.3 is 19.7 Å². The van der Waals surface area contributed by atoms with Gasteiger partial charge in [0, 0.05) is 13.0 Å². The lowest BCUT2D eigenvalue weighted by molar-refractivity contribution is -0.145. The van der Waals surface area contributed by atoms with Crippen molar-refractivity contribution in [2.24, 2.45) is 5.92 Å². The van der Waals surface area contributed by atoms with Crippen LogP contribution >= 0.6 is 0 Å². The zero-order valence-electron chi connectivity index (χ0n) is 11.5. The summed E-state index contributed by atoms with van der Waals surface area (Å²) >= 11 is 0. The molecule has 9 heteroatoms. The smallest absolute Gasteiger partial charge is 0.329 e. The van der Waals surface area contributed by atoms with Crippen LogP contribution in [0.5, 0.6) is 0 Å². The minimum Gasteiger partial charge on any atom is -0.480 e. The van der Waals surface area contributed by atoms with Crippen molar-refractivity contribution in [1.29, 1.82) is 0 Å². The second kappa shape index (κ2) is 6.37. The summed E-state index contributed by atoms with van der Waals surface area (Å²) in [6, 6.07) is -0.553. The van der Waals surface area contributed by atoms with Gasteiger partial charge in [0.2, 0.25) is 5.91 Å². The van der Waals surface area contributed by atoms with Gasteiger partial charge in [-0.25, -0.2) is 9.59 Å². The number of urea groups is 1. The van der Waals surface area contributed by atoms with Gasteiger partial charge in [-0.1, -0.05) is 6.92 Å². The zero-order chi connectivity index (χ0) is 15.6. The van der Waals surface area contributed by atoms with E-state index < -0.39 is 37.0 Å². The molecule has 0 bridgehead atoms. The van der Waals surface area contributed by atoms with Crippen LogP contribution in [0.4, 0.5) is 4.79 Å². The molecular weight excluding hydrogens is 284 g/mol. The predicted molar refractivity (Wildman–Crippen MR) is 67.1 cm³/mol. The molecule has 0 aromatic heterocycles. The fourth-order valence-electron chi connectivity index (χ4n) is 2.33. The van der Waals surface area contributed by atoms with E-state index in [9.17, 15) is 19.5 Å². The van der Waals surface area contributed by atoms with Crippen LogP contribution in [0.15, 0.2) is 0 Å². The van der Waals surface area contributed by atoms with Crippen molar-refractivity contribution >= 4 is 17.9 Å². The first kappa shape index (κ1) is 15.7. The van der Waals surface area contributed by atoms with E-state index in [0.717, 1.165) is 0 Å². The predicted octanol–water partition coefficient (Wildman–Crippen LogP) is -1.25. The van der Waals surface area contributed by atoms with Crippen molar-refractivity contribution in [3.8, 4) is 0 Å². The lowest BCUT2D eigenvalue weighted by atomic mass is 10.1. The minimum absolute atomic E-state index is 0.0755. The molecule has 4 atom stereocenters. The van der Waals surface area contributed by atoms with E-state index in [-0.39, 0.29) is 31.4 Å². The van der Waals surface area contributed by atoms with E-state index in [1.807, 2.05) is 0 Å². The minimum atomic E-state index is -1.11. The Kier molecular flexibility index (Phi) is 4.76. The maximum Gasteiger partial charge on any atom is 0.329 e. The maximum absolute atomic E-state index is 11.8. The molecule has 2 heterocycles. The van der Waals surface area contributed by atoms with Crippen molar-refractivity contribution in [1.82, 2.24) is 10.2 Å². The highest BCUT2D eigenvalue weighted by Crippen LogP contribution is 2.25. The highest BCUT2D eigenvalue weighted by Gasteiger charge is 2.42. The second-order valence-electron chi connectivity index (χ2n) is 5.19. The molecule has 118 valence electrons. The highest BCUT2D eigenvalue weighted by molar-refractivity contribution is 5.97. The molecule has 2 saturated heterocycles. The topological polar surface area (TPSA) is 125 Å². The summed E-state index contributed by atoms with van der Waals surface area (Å²) in [4.78, 5) is 34.9. The summed E-state index contributed by atoms with van der Waals surface area (Å²) in [7, 11) is 0. The zero-order valence-corrected chi connectivity index (χ0v) is 11.5. The third-order valence-electron chi connectivity index (χ3n) is 3.47. The van der Waals surface area contributed by atoms with E-state index in [1.54, 1.807) is 6.92 Å². The highest BCUT2D eigenvalue weighted by atomic mass is 16.6. The standard InChI is InChI=1S/C12H18N2O7/c1-6-3-14(12(19)13-11(6)18)9-2-7(15)8(21-9)4-20-5-10(16)17/h6-9,15H,2-5H2,1H3,(H,16,17)(H,13,18,19)/t6?,7-,8+,9+/m0/s1. The van der Waals surface area contributed by atoms with E-state index >= 15 is 0 Å². The van der Waals surface area contributed by atoms with Crippen LogP contribution in [0.25, 0.3) is 0 Å². The molecule has 1 unspecified atom stereocenters. The molecule has 0 aromatic rings. The van der Waals surface area contributed by atoms with Crippen molar-refractivity contribution < 1.29 is 34.1 Å². The van der Waals surface area contributed by atoms with Crippen molar-refractivity contribution in [2.45, 2.75) is 31.8 Å². The average molecular weight is 302 g/mol. The van der Waals surface area contributed by atoms with Crippen LogP contribution in [0.1, 0.15) is 13.3 Å². The Morgan fingerprint density at radius 2 is 2.24 bits per heavy atom. The number of carbonyl (C=O) groups is 3. The lowest BCUT2D eigenvalue weighted by Gasteiger charge is -2.34. The van der Waals surface area contributed by atoms with Crippen LogP contribution in [0.3, 0.4) is 0 Å². The molecule has 3 amide bonds. The van der Waals surface area contributed by atoms with Gasteiger partial charge in [-0.3, -0.25) is 15.0 Å². The summed E-state index contributed by atoms with van der Waals surface area (Å²) in [5, 5.41) is 20.6. The third-order valence-corrected chi connectivity index (χ3v) is 3.47. The molecule has 0 spiro atoms. The SMILES string of the molecule is CC1CN([C@H]2C[C@H](O)[C@@H](COCC(=O)O)O2)C(=O)NC1=O. The number of carboxylic acids is 1. The van der Waals surface area contributed by atoms with E-state index in [2.05, 4.69) is 5.32 Å².